The van der Waals surface area contributed by atoms with Crippen LogP contribution in [0.15, 0.2) is 18.2 Å². The van der Waals surface area contributed by atoms with Gasteiger partial charge in [-0.1, -0.05) is 17.7 Å². The zero-order chi connectivity index (χ0) is 11.0. The van der Waals surface area contributed by atoms with Crippen LogP contribution in [0.3, 0.4) is 0 Å². The lowest BCUT2D eigenvalue weighted by Crippen LogP contribution is -2.03. The number of aromatic nitrogens is 3. The highest BCUT2D eigenvalue weighted by atomic mass is 35.5. The fourth-order valence-corrected chi connectivity index (χ4v) is 1.63. The summed E-state index contributed by atoms with van der Waals surface area (Å²) in [5.74, 6) is 1.51. The average molecular weight is 223 g/mol. The number of nitrogen functional groups attached to an aromatic ring is 1. The second-order valence-electron chi connectivity index (χ2n) is 3.29. The molecule has 2 N–H and O–H groups in total. The van der Waals surface area contributed by atoms with E-state index in [-0.39, 0.29) is 0 Å². The third-order valence-corrected chi connectivity index (χ3v) is 2.46. The molecule has 0 radical (unpaired) electrons. The van der Waals surface area contributed by atoms with Crippen molar-refractivity contribution in [1.82, 2.24) is 14.8 Å². The standard InChI is InChI=1S/C10H11ClN4/c1-6-13-7(2)15(14-6)9-5-3-4-8(11)10(9)12/h3-5H,12H2,1-2H3. The molecule has 78 valence electrons. The summed E-state index contributed by atoms with van der Waals surface area (Å²) in [6.07, 6.45) is 0. The SMILES string of the molecule is Cc1nc(C)n(-c2cccc(Cl)c2N)n1. The van der Waals surface area contributed by atoms with Gasteiger partial charge in [-0.15, -0.1) is 0 Å². The number of halogens is 1. The number of anilines is 1. The predicted octanol–water partition coefficient (Wildman–Crippen LogP) is 2.12. The lowest BCUT2D eigenvalue weighted by Gasteiger charge is -2.07. The Bertz CT molecular complexity index is 504. The van der Waals surface area contributed by atoms with Crippen molar-refractivity contribution in [3.8, 4) is 5.69 Å². The second-order valence-corrected chi connectivity index (χ2v) is 3.70. The monoisotopic (exact) mass is 222 g/mol. The Labute approximate surface area is 92.7 Å². The number of aryl methyl sites for hydroxylation is 2. The molecule has 0 fully saturated rings. The summed E-state index contributed by atoms with van der Waals surface area (Å²) in [6.45, 7) is 3.71. The van der Waals surface area contributed by atoms with Crippen LogP contribution in [0.4, 0.5) is 5.69 Å². The third-order valence-electron chi connectivity index (χ3n) is 2.13. The van der Waals surface area contributed by atoms with Crippen LogP contribution in [0, 0.1) is 13.8 Å². The normalized spacial score (nSPS) is 10.6. The van der Waals surface area contributed by atoms with Crippen molar-refractivity contribution >= 4 is 17.3 Å². The van der Waals surface area contributed by atoms with E-state index in [1.54, 1.807) is 10.7 Å². The van der Waals surface area contributed by atoms with Gasteiger partial charge in [0.15, 0.2) is 0 Å². The zero-order valence-corrected chi connectivity index (χ0v) is 9.28. The Morgan fingerprint density at radius 3 is 2.67 bits per heavy atom. The van der Waals surface area contributed by atoms with Gasteiger partial charge in [-0.2, -0.15) is 5.10 Å². The summed E-state index contributed by atoms with van der Waals surface area (Å²) >= 11 is 5.94. The van der Waals surface area contributed by atoms with Crippen LogP contribution in [0.25, 0.3) is 5.69 Å². The van der Waals surface area contributed by atoms with Gasteiger partial charge in [-0.05, 0) is 26.0 Å². The fourth-order valence-electron chi connectivity index (χ4n) is 1.46. The summed E-state index contributed by atoms with van der Waals surface area (Å²) in [4.78, 5) is 4.21. The molecule has 1 aromatic heterocycles. The van der Waals surface area contributed by atoms with Crippen molar-refractivity contribution in [1.29, 1.82) is 0 Å². The molecule has 0 saturated heterocycles. The molecule has 0 amide bonds. The first-order chi connectivity index (χ1) is 7.09. The number of nitrogens with two attached hydrogens (primary N) is 1. The van der Waals surface area contributed by atoms with E-state index in [0.29, 0.717) is 16.5 Å². The number of nitrogens with zero attached hydrogens (tertiary/aromatic N) is 3. The largest absolute Gasteiger partial charge is 0.396 e. The van der Waals surface area contributed by atoms with E-state index in [1.165, 1.54) is 0 Å². The first-order valence-electron chi connectivity index (χ1n) is 4.54. The summed E-state index contributed by atoms with van der Waals surface area (Å²) < 4.78 is 1.69. The van der Waals surface area contributed by atoms with Crippen molar-refractivity contribution in [2.24, 2.45) is 0 Å². The van der Waals surface area contributed by atoms with Gasteiger partial charge in [0.2, 0.25) is 0 Å². The number of benzene rings is 1. The molecule has 4 nitrogen and oxygen atoms in total. The zero-order valence-electron chi connectivity index (χ0n) is 8.53. The summed E-state index contributed by atoms with van der Waals surface area (Å²) in [7, 11) is 0. The number of rotatable bonds is 1. The van der Waals surface area contributed by atoms with Crippen LogP contribution in [-0.4, -0.2) is 14.8 Å². The van der Waals surface area contributed by atoms with E-state index in [9.17, 15) is 0 Å². The minimum atomic E-state index is 0.521. The highest BCUT2D eigenvalue weighted by molar-refractivity contribution is 6.33. The maximum absolute atomic E-state index is 5.94. The van der Waals surface area contributed by atoms with Gasteiger partial charge in [-0.25, -0.2) is 9.67 Å². The molecular formula is C10H11ClN4. The molecule has 1 aromatic carbocycles. The topological polar surface area (TPSA) is 56.7 Å². The molecular weight excluding hydrogens is 212 g/mol. The minimum absolute atomic E-state index is 0.521. The van der Waals surface area contributed by atoms with Crippen molar-refractivity contribution in [2.45, 2.75) is 13.8 Å². The Kier molecular flexibility index (Phi) is 2.36. The van der Waals surface area contributed by atoms with Crippen LogP contribution in [0.2, 0.25) is 5.02 Å². The third kappa shape index (κ3) is 1.68. The second kappa shape index (κ2) is 3.55. The van der Waals surface area contributed by atoms with Gasteiger partial charge < -0.3 is 5.73 Å². The summed E-state index contributed by atoms with van der Waals surface area (Å²) in [5, 5.41) is 4.78. The van der Waals surface area contributed by atoms with Crippen LogP contribution in [-0.2, 0) is 0 Å². The molecule has 0 atom stereocenters. The number of hydrogen-bond acceptors (Lipinski definition) is 3. The first-order valence-corrected chi connectivity index (χ1v) is 4.92. The molecule has 0 spiro atoms. The molecule has 2 rings (SSSR count). The molecule has 5 heteroatoms. The highest BCUT2D eigenvalue weighted by Crippen LogP contribution is 2.25. The highest BCUT2D eigenvalue weighted by Gasteiger charge is 2.09. The Morgan fingerprint density at radius 2 is 2.07 bits per heavy atom. The molecule has 0 aliphatic carbocycles. The van der Waals surface area contributed by atoms with Crippen molar-refractivity contribution in [2.75, 3.05) is 5.73 Å². The Morgan fingerprint density at radius 1 is 1.33 bits per heavy atom. The van der Waals surface area contributed by atoms with Gasteiger partial charge in [0.1, 0.15) is 11.6 Å². The van der Waals surface area contributed by atoms with Crippen molar-refractivity contribution < 1.29 is 0 Å². The summed E-state index contributed by atoms with van der Waals surface area (Å²) in [5.41, 5.74) is 7.16. The number of hydrogen-bond donors (Lipinski definition) is 1. The van der Waals surface area contributed by atoms with Crippen molar-refractivity contribution in [3.63, 3.8) is 0 Å². The Hall–Kier alpha value is -1.55. The van der Waals surface area contributed by atoms with Crippen LogP contribution < -0.4 is 5.73 Å². The van der Waals surface area contributed by atoms with Gasteiger partial charge in [0.25, 0.3) is 0 Å². The average Bonchev–Trinajstić information content (AvgIpc) is 2.50. The maximum Gasteiger partial charge on any atom is 0.148 e. The molecule has 0 unspecified atom stereocenters. The lowest BCUT2D eigenvalue weighted by molar-refractivity contribution is 0.833. The van der Waals surface area contributed by atoms with Crippen LogP contribution in [0.1, 0.15) is 11.6 Å². The van der Waals surface area contributed by atoms with Crippen molar-refractivity contribution in [3.05, 3.63) is 34.9 Å². The lowest BCUT2D eigenvalue weighted by atomic mass is 10.2. The maximum atomic E-state index is 5.94. The minimum Gasteiger partial charge on any atom is -0.396 e. The molecule has 0 bridgehead atoms. The predicted molar refractivity (Wildman–Crippen MR) is 60.3 cm³/mol. The molecule has 2 aromatic rings. The van der Waals surface area contributed by atoms with Crippen LogP contribution >= 0.6 is 11.6 Å². The summed E-state index contributed by atoms with van der Waals surface area (Å²) in [6, 6.07) is 5.45. The first kappa shape index (κ1) is 9.98. The molecule has 15 heavy (non-hydrogen) atoms. The molecule has 0 aliphatic rings. The number of para-hydroxylation sites is 1. The van der Waals surface area contributed by atoms with Gasteiger partial charge in [0, 0.05) is 0 Å². The van der Waals surface area contributed by atoms with E-state index >= 15 is 0 Å². The van der Waals surface area contributed by atoms with E-state index < -0.39 is 0 Å². The Balaban J connectivity index is 2.64. The van der Waals surface area contributed by atoms with E-state index in [4.69, 9.17) is 17.3 Å². The van der Waals surface area contributed by atoms with E-state index in [1.807, 2.05) is 26.0 Å². The molecule has 0 aliphatic heterocycles. The van der Waals surface area contributed by atoms with E-state index in [0.717, 1.165) is 11.5 Å². The fraction of sp³-hybridized carbons (Fsp3) is 0.200. The quantitative estimate of drug-likeness (QED) is 0.752. The van der Waals surface area contributed by atoms with E-state index in [2.05, 4.69) is 10.1 Å². The molecule has 1 heterocycles. The van der Waals surface area contributed by atoms with Gasteiger partial charge in [0.05, 0.1) is 16.4 Å². The van der Waals surface area contributed by atoms with Gasteiger partial charge >= 0.3 is 0 Å². The molecule has 0 saturated carbocycles. The smallest absolute Gasteiger partial charge is 0.148 e. The van der Waals surface area contributed by atoms with Crippen LogP contribution in [0.5, 0.6) is 0 Å². The van der Waals surface area contributed by atoms with Gasteiger partial charge in [-0.3, -0.25) is 0 Å².